The molecular formula is C23H25Cl2N3O2S. The molecule has 8 heteroatoms. The van der Waals surface area contributed by atoms with Gasteiger partial charge in [0.25, 0.3) is 10.0 Å². The van der Waals surface area contributed by atoms with Crippen molar-refractivity contribution in [3.63, 3.8) is 0 Å². The molecule has 164 valence electrons. The largest absolute Gasteiger partial charge is 0.299 e. The number of hydrogen-bond acceptors (Lipinski definition) is 4. The summed E-state index contributed by atoms with van der Waals surface area (Å²) in [4.78, 5) is 7.04. The fraction of sp³-hybridized carbons (Fsp3) is 0.261. The molecule has 0 spiro atoms. The molecule has 0 aliphatic carbocycles. The van der Waals surface area contributed by atoms with Gasteiger partial charge in [0, 0.05) is 43.1 Å². The van der Waals surface area contributed by atoms with Gasteiger partial charge in [-0.3, -0.25) is 14.2 Å². The van der Waals surface area contributed by atoms with Gasteiger partial charge in [-0.15, -0.1) is 24.8 Å². The second kappa shape index (κ2) is 9.57. The maximum atomic E-state index is 13.0. The molecule has 3 heterocycles. The van der Waals surface area contributed by atoms with Crippen LogP contribution in [0.25, 0.3) is 16.3 Å². The Morgan fingerprint density at radius 2 is 1.74 bits per heavy atom. The van der Waals surface area contributed by atoms with Crippen molar-refractivity contribution in [1.82, 2.24) is 9.88 Å². The molecule has 0 saturated carbocycles. The van der Waals surface area contributed by atoms with Gasteiger partial charge in [0.15, 0.2) is 0 Å². The number of benzene rings is 2. The monoisotopic (exact) mass is 477 g/mol. The highest BCUT2D eigenvalue weighted by molar-refractivity contribution is 7.93. The summed E-state index contributed by atoms with van der Waals surface area (Å²) in [6.45, 7) is 3.27. The molecular weight excluding hydrogens is 453 g/mol. The minimum atomic E-state index is -3.48. The molecule has 0 bridgehead atoms. The highest BCUT2D eigenvalue weighted by Crippen LogP contribution is 2.41. The summed E-state index contributed by atoms with van der Waals surface area (Å²) in [6.07, 6.45) is 7.52. The molecule has 2 aliphatic rings. The van der Waals surface area contributed by atoms with Crippen LogP contribution in [0.1, 0.15) is 18.4 Å². The topological polar surface area (TPSA) is 53.5 Å². The first-order chi connectivity index (χ1) is 14.1. The second-order valence-corrected chi connectivity index (χ2v) is 9.42. The van der Waals surface area contributed by atoms with E-state index in [1.165, 1.54) is 15.4 Å². The Bertz CT molecular complexity index is 1190. The summed E-state index contributed by atoms with van der Waals surface area (Å²) in [6, 6.07) is 15.9. The van der Waals surface area contributed by atoms with E-state index in [1.807, 2.05) is 12.1 Å². The Morgan fingerprint density at radius 3 is 2.48 bits per heavy atom. The zero-order valence-electron chi connectivity index (χ0n) is 17.0. The summed E-state index contributed by atoms with van der Waals surface area (Å²) in [5.74, 6) is 0. The van der Waals surface area contributed by atoms with Gasteiger partial charge in [0.1, 0.15) is 0 Å². The van der Waals surface area contributed by atoms with Crippen molar-refractivity contribution < 1.29 is 8.42 Å². The number of hydrogen-bond donors (Lipinski definition) is 0. The molecule has 0 saturated heterocycles. The molecule has 0 atom stereocenters. The number of nitrogens with zero attached hydrogens (tertiary/aromatic N) is 3. The number of anilines is 1. The maximum Gasteiger partial charge on any atom is 0.265 e. The van der Waals surface area contributed by atoms with E-state index in [9.17, 15) is 8.42 Å². The summed E-state index contributed by atoms with van der Waals surface area (Å²) < 4.78 is 27.6. The van der Waals surface area contributed by atoms with E-state index in [4.69, 9.17) is 0 Å². The Kier molecular flexibility index (Phi) is 7.27. The van der Waals surface area contributed by atoms with E-state index in [0.29, 0.717) is 17.1 Å². The Hall–Kier alpha value is -2.12. The molecule has 31 heavy (non-hydrogen) atoms. The quantitative estimate of drug-likeness (QED) is 0.531. The normalized spacial score (nSPS) is 17.0. The molecule has 0 unspecified atom stereocenters. The fourth-order valence-corrected chi connectivity index (χ4v) is 6.08. The van der Waals surface area contributed by atoms with Gasteiger partial charge in [-0.2, -0.15) is 0 Å². The molecule has 0 radical (unpaired) electrons. The average molecular weight is 478 g/mol. The fourth-order valence-electron chi connectivity index (χ4n) is 4.34. The minimum Gasteiger partial charge on any atom is -0.299 e. The van der Waals surface area contributed by atoms with Crippen molar-refractivity contribution in [3.05, 3.63) is 72.6 Å². The first-order valence-electron chi connectivity index (χ1n) is 10.0. The van der Waals surface area contributed by atoms with Crippen molar-refractivity contribution in [2.75, 3.05) is 30.5 Å². The van der Waals surface area contributed by atoms with Crippen molar-refractivity contribution >= 4 is 56.9 Å². The average Bonchev–Trinajstić information content (AvgIpc) is 2.98. The van der Waals surface area contributed by atoms with Gasteiger partial charge in [-0.05, 0) is 30.0 Å². The minimum absolute atomic E-state index is 0. The first-order valence-corrected chi connectivity index (χ1v) is 11.4. The van der Waals surface area contributed by atoms with Crippen molar-refractivity contribution in [2.24, 2.45) is 0 Å². The standard InChI is InChI=1S/C23H23N3O2S.2ClH/c27-29(28)22-9-4-8-20-16-24-17-21(23(20)22)26(29)13-5-12-25-14-10-19(11-15-25)18-6-2-1-3-7-18;;/h1-4,6-10,16-17H,5,11-15H2;2*1H. The second-order valence-electron chi connectivity index (χ2n) is 7.59. The molecule has 5 rings (SSSR count). The Morgan fingerprint density at radius 1 is 0.935 bits per heavy atom. The van der Waals surface area contributed by atoms with E-state index in [2.05, 4.69) is 40.2 Å². The predicted octanol–water partition coefficient (Wildman–Crippen LogP) is 4.77. The lowest BCUT2D eigenvalue weighted by Gasteiger charge is -2.27. The molecule has 3 aromatic rings. The van der Waals surface area contributed by atoms with Gasteiger partial charge >= 0.3 is 0 Å². The third-order valence-corrected chi connectivity index (χ3v) is 7.69. The SMILES string of the molecule is Cl.Cl.O=S1(=O)c2cccc3cncc(c23)N1CCCN1CC=C(c2ccccc2)CC1. The third kappa shape index (κ3) is 4.30. The molecule has 5 nitrogen and oxygen atoms in total. The van der Waals surface area contributed by atoms with Gasteiger partial charge in [-0.1, -0.05) is 48.5 Å². The van der Waals surface area contributed by atoms with Crippen LogP contribution in [0, 0.1) is 0 Å². The van der Waals surface area contributed by atoms with Crippen LogP contribution in [0.4, 0.5) is 5.69 Å². The third-order valence-electron chi connectivity index (χ3n) is 5.84. The van der Waals surface area contributed by atoms with Gasteiger partial charge in [0.2, 0.25) is 0 Å². The van der Waals surface area contributed by atoms with Crippen LogP contribution >= 0.6 is 24.8 Å². The van der Waals surface area contributed by atoms with Gasteiger partial charge < -0.3 is 0 Å². The highest BCUT2D eigenvalue weighted by atomic mass is 35.5. The van der Waals surface area contributed by atoms with E-state index < -0.39 is 10.0 Å². The summed E-state index contributed by atoms with van der Waals surface area (Å²) >= 11 is 0. The Balaban J connectivity index is 0.00000136. The van der Waals surface area contributed by atoms with Crippen molar-refractivity contribution in [1.29, 1.82) is 0 Å². The zero-order chi connectivity index (χ0) is 19.8. The first kappa shape index (κ1) is 23.5. The molecule has 1 aromatic heterocycles. The number of halogens is 2. The summed E-state index contributed by atoms with van der Waals surface area (Å²) in [7, 11) is -3.48. The lowest BCUT2D eigenvalue weighted by Crippen LogP contribution is -2.34. The van der Waals surface area contributed by atoms with Crippen molar-refractivity contribution in [2.45, 2.75) is 17.7 Å². The zero-order valence-corrected chi connectivity index (χ0v) is 19.4. The lowest BCUT2D eigenvalue weighted by molar-refractivity contribution is 0.300. The van der Waals surface area contributed by atoms with Crippen LogP contribution in [0.15, 0.2) is 71.9 Å². The van der Waals surface area contributed by atoms with Crippen molar-refractivity contribution in [3.8, 4) is 0 Å². The number of aromatic nitrogens is 1. The van der Waals surface area contributed by atoms with Crippen LogP contribution in [0.2, 0.25) is 0 Å². The van der Waals surface area contributed by atoms with Gasteiger partial charge in [-0.25, -0.2) is 8.42 Å². The van der Waals surface area contributed by atoms with Gasteiger partial charge in [0.05, 0.1) is 16.8 Å². The molecule has 0 amide bonds. The van der Waals surface area contributed by atoms with E-state index >= 15 is 0 Å². The lowest BCUT2D eigenvalue weighted by atomic mass is 9.99. The Labute approximate surface area is 195 Å². The highest BCUT2D eigenvalue weighted by Gasteiger charge is 2.35. The van der Waals surface area contributed by atoms with Crippen LogP contribution in [0.3, 0.4) is 0 Å². The van der Waals surface area contributed by atoms with Crippen LogP contribution < -0.4 is 4.31 Å². The maximum absolute atomic E-state index is 13.0. The van der Waals surface area contributed by atoms with E-state index in [0.717, 1.165) is 43.2 Å². The smallest absolute Gasteiger partial charge is 0.265 e. The molecule has 0 N–H and O–H groups in total. The number of rotatable bonds is 5. The van der Waals surface area contributed by atoms with E-state index in [-0.39, 0.29) is 24.8 Å². The molecule has 0 fully saturated rings. The number of sulfonamides is 1. The van der Waals surface area contributed by atoms with Crippen LogP contribution in [0.5, 0.6) is 0 Å². The molecule has 2 aromatic carbocycles. The summed E-state index contributed by atoms with van der Waals surface area (Å²) in [5.41, 5.74) is 3.41. The van der Waals surface area contributed by atoms with Crippen LogP contribution in [-0.4, -0.2) is 44.5 Å². The predicted molar refractivity (Wildman–Crippen MR) is 131 cm³/mol. The summed E-state index contributed by atoms with van der Waals surface area (Å²) in [5, 5.41) is 1.68. The number of pyridine rings is 1. The molecule has 2 aliphatic heterocycles. The van der Waals surface area contributed by atoms with E-state index in [1.54, 1.807) is 24.5 Å². The van der Waals surface area contributed by atoms with Crippen LogP contribution in [-0.2, 0) is 10.0 Å².